The Kier molecular flexibility index (Phi) is 7.05. The number of anilines is 1. The van der Waals surface area contributed by atoms with E-state index in [1.165, 1.54) is 23.0 Å². The lowest BCUT2D eigenvalue weighted by Gasteiger charge is -2.07. The number of carbonyl (C=O) groups is 1. The van der Waals surface area contributed by atoms with Crippen molar-refractivity contribution in [1.29, 1.82) is 0 Å². The second kappa shape index (κ2) is 9.91. The molecule has 2 aromatic carbocycles. The molecule has 0 saturated heterocycles. The standard InChI is InChI=1S/C20H19N3O3S2/c1-25-16-9-10-17(26-2)15(12-16)8-11-18(24)21-19-22-23-20(28-19)27-13-14-6-4-3-5-7-14/h3-12H,13H2,1-2H3,(H,21,22,24). The number of amides is 1. The summed E-state index contributed by atoms with van der Waals surface area (Å²) in [7, 11) is 3.17. The number of rotatable bonds is 8. The second-order valence-electron chi connectivity index (χ2n) is 5.58. The Labute approximate surface area is 171 Å². The molecule has 0 atom stereocenters. The maximum absolute atomic E-state index is 12.2. The molecule has 1 amide bonds. The van der Waals surface area contributed by atoms with E-state index in [1.54, 1.807) is 50.3 Å². The number of carbonyl (C=O) groups excluding carboxylic acids is 1. The fourth-order valence-corrected chi connectivity index (χ4v) is 4.03. The van der Waals surface area contributed by atoms with Gasteiger partial charge in [0.25, 0.3) is 0 Å². The molecule has 1 aromatic heterocycles. The summed E-state index contributed by atoms with van der Waals surface area (Å²) in [5.74, 6) is 1.85. The zero-order valence-corrected chi connectivity index (χ0v) is 17.0. The molecule has 0 saturated carbocycles. The van der Waals surface area contributed by atoms with E-state index in [0.717, 1.165) is 15.7 Å². The van der Waals surface area contributed by atoms with Crippen LogP contribution in [0.5, 0.6) is 11.5 Å². The van der Waals surface area contributed by atoms with Crippen molar-refractivity contribution in [2.45, 2.75) is 10.1 Å². The molecule has 0 fully saturated rings. The van der Waals surface area contributed by atoms with E-state index in [2.05, 4.69) is 27.6 Å². The first kappa shape index (κ1) is 19.9. The van der Waals surface area contributed by atoms with Gasteiger partial charge in [0.15, 0.2) is 4.34 Å². The van der Waals surface area contributed by atoms with Crippen LogP contribution in [0.1, 0.15) is 11.1 Å². The number of nitrogens with zero attached hydrogens (tertiary/aromatic N) is 2. The summed E-state index contributed by atoms with van der Waals surface area (Å²) in [6, 6.07) is 15.5. The Bertz CT molecular complexity index is 958. The third kappa shape index (κ3) is 5.58. The van der Waals surface area contributed by atoms with Gasteiger partial charge in [-0.25, -0.2) is 0 Å². The fourth-order valence-electron chi connectivity index (χ4n) is 2.32. The Morgan fingerprint density at radius 2 is 1.96 bits per heavy atom. The minimum Gasteiger partial charge on any atom is -0.497 e. The zero-order chi connectivity index (χ0) is 19.8. The van der Waals surface area contributed by atoms with Crippen LogP contribution in [0, 0.1) is 0 Å². The summed E-state index contributed by atoms with van der Waals surface area (Å²) in [6.45, 7) is 0. The van der Waals surface area contributed by atoms with Crippen LogP contribution in [-0.4, -0.2) is 30.3 Å². The predicted octanol–water partition coefficient (Wildman–Crippen LogP) is 4.50. The molecule has 0 spiro atoms. The molecule has 8 heteroatoms. The van der Waals surface area contributed by atoms with Crippen LogP contribution in [0.15, 0.2) is 58.9 Å². The summed E-state index contributed by atoms with van der Waals surface area (Å²) in [5.41, 5.74) is 1.96. The van der Waals surface area contributed by atoms with Gasteiger partial charge in [-0.3, -0.25) is 10.1 Å². The van der Waals surface area contributed by atoms with E-state index in [4.69, 9.17) is 9.47 Å². The molecule has 0 unspecified atom stereocenters. The van der Waals surface area contributed by atoms with Gasteiger partial charge >= 0.3 is 0 Å². The third-order valence-electron chi connectivity index (χ3n) is 3.69. The molecule has 0 aliphatic carbocycles. The first-order valence-electron chi connectivity index (χ1n) is 8.39. The van der Waals surface area contributed by atoms with Gasteiger partial charge in [-0.05, 0) is 29.8 Å². The second-order valence-corrected chi connectivity index (χ2v) is 7.78. The molecular weight excluding hydrogens is 394 g/mol. The molecular formula is C20H19N3O3S2. The molecule has 144 valence electrons. The lowest BCUT2D eigenvalue weighted by Crippen LogP contribution is -2.07. The smallest absolute Gasteiger partial charge is 0.250 e. The Morgan fingerprint density at radius 3 is 2.71 bits per heavy atom. The highest BCUT2D eigenvalue weighted by molar-refractivity contribution is 8.00. The maximum Gasteiger partial charge on any atom is 0.250 e. The summed E-state index contributed by atoms with van der Waals surface area (Å²) < 4.78 is 11.3. The van der Waals surface area contributed by atoms with Crippen molar-refractivity contribution < 1.29 is 14.3 Å². The van der Waals surface area contributed by atoms with Crippen molar-refractivity contribution in [2.75, 3.05) is 19.5 Å². The monoisotopic (exact) mass is 413 g/mol. The Hall–Kier alpha value is -2.84. The van der Waals surface area contributed by atoms with Crippen LogP contribution in [0.3, 0.4) is 0 Å². The van der Waals surface area contributed by atoms with Crippen LogP contribution in [0.4, 0.5) is 5.13 Å². The van der Waals surface area contributed by atoms with Crippen LogP contribution >= 0.6 is 23.1 Å². The highest BCUT2D eigenvalue weighted by Gasteiger charge is 2.08. The molecule has 0 bridgehead atoms. The van der Waals surface area contributed by atoms with Crippen molar-refractivity contribution in [3.05, 3.63) is 65.7 Å². The van der Waals surface area contributed by atoms with Crippen molar-refractivity contribution >= 4 is 40.2 Å². The number of nitrogens with one attached hydrogen (secondary N) is 1. The van der Waals surface area contributed by atoms with E-state index in [1.807, 2.05) is 18.2 Å². The quantitative estimate of drug-likeness (QED) is 0.333. The normalized spacial score (nSPS) is 10.8. The number of hydrogen-bond acceptors (Lipinski definition) is 7. The average molecular weight is 414 g/mol. The van der Waals surface area contributed by atoms with Crippen LogP contribution in [-0.2, 0) is 10.5 Å². The molecule has 0 radical (unpaired) electrons. The lowest BCUT2D eigenvalue weighted by atomic mass is 10.1. The molecule has 6 nitrogen and oxygen atoms in total. The molecule has 0 aliphatic heterocycles. The number of benzene rings is 2. The Balaban J connectivity index is 1.58. The van der Waals surface area contributed by atoms with Gasteiger partial charge in [-0.1, -0.05) is 53.4 Å². The van der Waals surface area contributed by atoms with E-state index >= 15 is 0 Å². The topological polar surface area (TPSA) is 73.3 Å². The summed E-state index contributed by atoms with van der Waals surface area (Å²) in [4.78, 5) is 12.2. The zero-order valence-electron chi connectivity index (χ0n) is 15.4. The lowest BCUT2D eigenvalue weighted by molar-refractivity contribution is -0.111. The third-order valence-corrected chi connectivity index (χ3v) is 5.74. The SMILES string of the molecule is COc1ccc(OC)c(C=CC(=O)Nc2nnc(SCc3ccccc3)s2)c1. The first-order chi connectivity index (χ1) is 13.7. The molecule has 1 N–H and O–H groups in total. The number of ether oxygens (including phenoxy) is 2. The van der Waals surface area contributed by atoms with E-state index in [-0.39, 0.29) is 5.91 Å². The van der Waals surface area contributed by atoms with E-state index in [9.17, 15) is 4.79 Å². The maximum atomic E-state index is 12.2. The average Bonchev–Trinajstić information content (AvgIpc) is 3.18. The molecule has 0 aliphatic rings. The van der Waals surface area contributed by atoms with Gasteiger partial charge in [0.2, 0.25) is 11.0 Å². The van der Waals surface area contributed by atoms with Gasteiger partial charge < -0.3 is 9.47 Å². The minimum absolute atomic E-state index is 0.291. The van der Waals surface area contributed by atoms with E-state index < -0.39 is 0 Å². The van der Waals surface area contributed by atoms with Gasteiger partial charge in [-0.15, -0.1) is 10.2 Å². The van der Waals surface area contributed by atoms with Crippen molar-refractivity contribution in [2.24, 2.45) is 0 Å². The Morgan fingerprint density at radius 1 is 1.14 bits per heavy atom. The van der Waals surface area contributed by atoms with Crippen molar-refractivity contribution in [3.63, 3.8) is 0 Å². The van der Waals surface area contributed by atoms with Crippen LogP contribution in [0.2, 0.25) is 0 Å². The van der Waals surface area contributed by atoms with Crippen molar-refractivity contribution in [1.82, 2.24) is 10.2 Å². The summed E-state index contributed by atoms with van der Waals surface area (Å²) in [5, 5.41) is 11.3. The largest absolute Gasteiger partial charge is 0.497 e. The number of thioether (sulfide) groups is 1. The highest BCUT2D eigenvalue weighted by atomic mass is 32.2. The van der Waals surface area contributed by atoms with Gasteiger partial charge in [0.05, 0.1) is 14.2 Å². The van der Waals surface area contributed by atoms with Gasteiger partial charge in [0, 0.05) is 17.4 Å². The van der Waals surface area contributed by atoms with Gasteiger partial charge in [-0.2, -0.15) is 0 Å². The molecule has 28 heavy (non-hydrogen) atoms. The van der Waals surface area contributed by atoms with Crippen LogP contribution < -0.4 is 14.8 Å². The molecule has 1 heterocycles. The van der Waals surface area contributed by atoms with Crippen LogP contribution in [0.25, 0.3) is 6.08 Å². The predicted molar refractivity (Wildman–Crippen MR) is 113 cm³/mol. The first-order valence-corrected chi connectivity index (χ1v) is 10.2. The molecule has 3 aromatic rings. The number of aromatic nitrogens is 2. The summed E-state index contributed by atoms with van der Waals surface area (Å²) in [6.07, 6.45) is 3.10. The highest BCUT2D eigenvalue weighted by Crippen LogP contribution is 2.28. The summed E-state index contributed by atoms with van der Waals surface area (Å²) >= 11 is 2.93. The van der Waals surface area contributed by atoms with Crippen molar-refractivity contribution in [3.8, 4) is 11.5 Å². The van der Waals surface area contributed by atoms with E-state index in [0.29, 0.717) is 16.6 Å². The number of hydrogen-bond donors (Lipinski definition) is 1. The van der Waals surface area contributed by atoms with Gasteiger partial charge in [0.1, 0.15) is 11.5 Å². The number of methoxy groups -OCH3 is 2. The molecule has 3 rings (SSSR count). The minimum atomic E-state index is -0.291. The fraction of sp³-hybridized carbons (Fsp3) is 0.150.